The van der Waals surface area contributed by atoms with Crippen molar-refractivity contribution in [1.29, 1.82) is 0 Å². The molecule has 2 aromatic rings. The third kappa shape index (κ3) is 3.77. The van der Waals surface area contributed by atoms with E-state index in [1.165, 1.54) is 18.2 Å². The molecule has 0 aliphatic heterocycles. The number of hydrogen-bond donors (Lipinski definition) is 1. The molecule has 122 valence electrons. The SMILES string of the molecule is C=CCn1c(C(=O)NCC(F)(F)F)cc2cc(F)ccc2c1=O. The number of alkyl halides is 3. The van der Waals surface area contributed by atoms with Crippen LogP contribution in [0.15, 0.2) is 41.7 Å². The number of pyridine rings is 1. The van der Waals surface area contributed by atoms with Crippen molar-refractivity contribution in [2.24, 2.45) is 0 Å². The molecule has 1 N–H and O–H groups in total. The highest BCUT2D eigenvalue weighted by Gasteiger charge is 2.28. The zero-order chi connectivity index (χ0) is 17.2. The van der Waals surface area contributed by atoms with E-state index in [1.807, 2.05) is 0 Å². The molecule has 1 heterocycles. The summed E-state index contributed by atoms with van der Waals surface area (Å²) in [6.45, 7) is 1.84. The van der Waals surface area contributed by atoms with Crippen molar-refractivity contribution in [3.8, 4) is 0 Å². The fraction of sp³-hybridized carbons (Fsp3) is 0.200. The highest BCUT2D eigenvalue weighted by Crippen LogP contribution is 2.16. The number of nitrogens with one attached hydrogen (secondary N) is 1. The first-order chi connectivity index (χ1) is 10.7. The Labute approximate surface area is 128 Å². The van der Waals surface area contributed by atoms with Gasteiger partial charge in [-0.15, -0.1) is 6.58 Å². The van der Waals surface area contributed by atoms with Gasteiger partial charge in [-0.05, 0) is 29.7 Å². The van der Waals surface area contributed by atoms with Crippen molar-refractivity contribution in [3.63, 3.8) is 0 Å². The van der Waals surface area contributed by atoms with Gasteiger partial charge in [0.1, 0.15) is 18.1 Å². The molecule has 8 heteroatoms. The maximum Gasteiger partial charge on any atom is 0.405 e. The van der Waals surface area contributed by atoms with Gasteiger partial charge in [0.05, 0.1) is 0 Å². The topological polar surface area (TPSA) is 51.1 Å². The van der Waals surface area contributed by atoms with Gasteiger partial charge >= 0.3 is 6.18 Å². The average molecular weight is 328 g/mol. The Morgan fingerprint density at radius 3 is 2.61 bits per heavy atom. The van der Waals surface area contributed by atoms with E-state index in [2.05, 4.69) is 6.58 Å². The molecule has 0 saturated carbocycles. The Balaban J connectivity index is 2.56. The van der Waals surface area contributed by atoms with Crippen molar-refractivity contribution in [3.05, 3.63) is 58.8 Å². The summed E-state index contributed by atoms with van der Waals surface area (Å²) in [5.74, 6) is -1.70. The summed E-state index contributed by atoms with van der Waals surface area (Å²) in [7, 11) is 0. The van der Waals surface area contributed by atoms with Crippen LogP contribution >= 0.6 is 0 Å². The number of nitrogens with zero attached hydrogens (tertiary/aromatic N) is 1. The fourth-order valence-electron chi connectivity index (χ4n) is 2.10. The summed E-state index contributed by atoms with van der Waals surface area (Å²) in [5, 5.41) is 1.98. The van der Waals surface area contributed by atoms with E-state index in [4.69, 9.17) is 0 Å². The lowest BCUT2D eigenvalue weighted by molar-refractivity contribution is -0.123. The zero-order valence-corrected chi connectivity index (χ0v) is 11.8. The van der Waals surface area contributed by atoms with Crippen LogP contribution in [0.2, 0.25) is 0 Å². The maximum atomic E-state index is 13.3. The molecular weight excluding hydrogens is 316 g/mol. The van der Waals surface area contributed by atoms with Crippen molar-refractivity contribution >= 4 is 16.7 Å². The van der Waals surface area contributed by atoms with E-state index in [0.29, 0.717) is 0 Å². The normalized spacial score (nSPS) is 11.5. The standard InChI is InChI=1S/C15H12F4N2O2/c1-2-5-21-12(13(22)20-8-15(17,18)19)7-9-6-10(16)3-4-11(9)14(21)23/h2-4,6-7H,1,5,8H2,(H,20,22). The number of halogens is 4. The fourth-order valence-corrected chi connectivity index (χ4v) is 2.10. The second kappa shape index (κ2) is 6.23. The van der Waals surface area contributed by atoms with E-state index < -0.39 is 30.0 Å². The second-order valence-corrected chi connectivity index (χ2v) is 4.76. The van der Waals surface area contributed by atoms with Crippen molar-refractivity contribution in [2.75, 3.05) is 6.54 Å². The summed E-state index contributed by atoms with van der Waals surface area (Å²) in [4.78, 5) is 24.3. The molecule has 0 fully saturated rings. The van der Waals surface area contributed by atoms with Crippen LogP contribution in [-0.2, 0) is 6.54 Å². The van der Waals surface area contributed by atoms with Gasteiger partial charge in [-0.1, -0.05) is 6.08 Å². The first kappa shape index (κ1) is 16.7. The number of fused-ring (bicyclic) bond motifs is 1. The van der Waals surface area contributed by atoms with Gasteiger partial charge < -0.3 is 5.32 Å². The van der Waals surface area contributed by atoms with Gasteiger partial charge in [0.15, 0.2) is 0 Å². The Bertz CT molecular complexity index is 825. The van der Waals surface area contributed by atoms with Crippen molar-refractivity contribution in [2.45, 2.75) is 12.7 Å². The molecule has 2 rings (SSSR count). The quantitative estimate of drug-likeness (QED) is 0.693. The summed E-state index contributed by atoms with van der Waals surface area (Å²) in [6, 6.07) is 4.56. The lowest BCUT2D eigenvalue weighted by atomic mass is 10.1. The third-order valence-electron chi connectivity index (χ3n) is 3.07. The molecule has 0 bridgehead atoms. The van der Waals surface area contributed by atoms with E-state index in [9.17, 15) is 27.2 Å². The highest BCUT2D eigenvalue weighted by molar-refractivity contribution is 5.96. The molecule has 0 radical (unpaired) electrons. The molecule has 0 unspecified atom stereocenters. The summed E-state index contributed by atoms with van der Waals surface area (Å²) >= 11 is 0. The van der Waals surface area contributed by atoms with Gasteiger partial charge in [0.25, 0.3) is 11.5 Å². The minimum Gasteiger partial charge on any atom is -0.342 e. The molecule has 0 atom stereocenters. The first-order valence-corrected chi connectivity index (χ1v) is 6.52. The number of hydrogen-bond acceptors (Lipinski definition) is 2. The minimum absolute atomic E-state index is 0.0685. The van der Waals surface area contributed by atoms with Crippen LogP contribution in [0.1, 0.15) is 10.5 Å². The van der Waals surface area contributed by atoms with Gasteiger partial charge in [-0.3, -0.25) is 14.2 Å². The number of aromatic nitrogens is 1. The van der Waals surface area contributed by atoms with Gasteiger partial charge in [-0.2, -0.15) is 13.2 Å². The smallest absolute Gasteiger partial charge is 0.342 e. The molecule has 0 spiro atoms. The molecule has 0 aliphatic rings. The van der Waals surface area contributed by atoms with Crippen LogP contribution in [0.5, 0.6) is 0 Å². The van der Waals surface area contributed by atoms with Crippen LogP contribution in [0.25, 0.3) is 10.8 Å². The highest BCUT2D eigenvalue weighted by atomic mass is 19.4. The summed E-state index contributed by atoms with van der Waals surface area (Å²) in [5.41, 5.74) is -0.906. The number of benzene rings is 1. The summed E-state index contributed by atoms with van der Waals surface area (Å²) < 4.78 is 50.9. The largest absolute Gasteiger partial charge is 0.405 e. The molecular formula is C15H12F4N2O2. The Kier molecular flexibility index (Phi) is 4.53. The summed E-state index contributed by atoms with van der Waals surface area (Å²) in [6.07, 6.45) is -3.25. The number of carbonyl (C=O) groups is 1. The van der Waals surface area contributed by atoms with Gasteiger partial charge in [-0.25, -0.2) is 4.39 Å². The Morgan fingerprint density at radius 1 is 1.30 bits per heavy atom. The van der Waals surface area contributed by atoms with Gasteiger partial charge in [0.2, 0.25) is 0 Å². The zero-order valence-electron chi connectivity index (χ0n) is 11.8. The lowest BCUT2D eigenvalue weighted by Gasteiger charge is -2.14. The van der Waals surface area contributed by atoms with Crippen molar-refractivity contribution < 1.29 is 22.4 Å². The Morgan fingerprint density at radius 2 is 2.00 bits per heavy atom. The molecule has 0 saturated heterocycles. The third-order valence-corrected chi connectivity index (χ3v) is 3.07. The molecule has 4 nitrogen and oxygen atoms in total. The van der Waals surface area contributed by atoms with Crippen LogP contribution in [-0.4, -0.2) is 23.2 Å². The molecule has 1 aromatic heterocycles. The number of allylic oxidation sites excluding steroid dienone is 1. The Hall–Kier alpha value is -2.64. The average Bonchev–Trinajstić information content (AvgIpc) is 2.46. The molecule has 1 aromatic carbocycles. The second-order valence-electron chi connectivity index (χ2n) is 4.76. The van der Waals surface area contributed by atoms with Crippen LogP contribution in [0.4, 0.5) is 17.6 Å². The number of carbonyl (C=O) groups excluding carboxylic acids is 1. The van der Waals surface area contributed by atoms with E-state index in [-0.39, 0.29) is 23.0 Å². The van der Waals surface area contributed by atoms with E-state index >= 15 is 0 Å². The monoisotopic (exact) mass is 328 g/mol. The predicted octanol–water partition coefficient (Wildman–Crippen LogP) is 2.62. The van der Waals surface area contributed by atoms with Gasteiger partial charge in [0, 0.05) is 11.9 Å². The lowest BCUT2D eigenvalue weighted by Crippen LogP contribution is -2.37. The number of amides is 1. The molecule has 1 amide bonds. The minimum atomic E-state index is -4.58. The van der Waals surface area contributed by atoms with Crippen LogP contribution < -0.4 is 10.9 Å². The molecule has 0 aliphatic carbocycles. The van der Waals surface area contributed by atoms with E-state index in [0.717, 1.165) is 16.7 Å². The molecule has 23 heavy (non-hydrogen) atoms. The van der Waals surface area contributed by atoms with Crippen LogP contribution in [0.3, 0.4) is 0 Å². The van der Waals surface area contributed by atoms with Crippen molar-refractivity contribution in [1.82, 2.24) is 9.88 Å². The van der Waals surface area contributed by atoms with E-state index in [1.54, 1.807) is 5.32 Å². The predicted molar refractivity (Wildman–Crippen MR) is 76.8 cm³/mol. The van der Waals surface area contributed by atoms with Crippen LogP contribution in [0, 0.1) is 5.82 Å². The number of rotatable bonds is 4. The first-order valence-electron chi connectivity index (χ1n) is 6.52. The maximum absolute atomic E-state index is 13.3.